The van der Waals surface area contributed by atoms with Gasteiger partial charge in [0.1, 0.15) is 0 Å². The highest BCUT2D eigenvalue weighted by Crippen LogP contribution is 2.60. The van der Waals surface area contributed by atoms with Crippen molar-refractivity contribution in [3.8, 4) is 0 Å². The minimum atomic E-state index is -0.951. The van der Waals surface area contributed by atoms with Crippen LogP contribution >= 0.6 is 11.6 Å². The minimum Gasteiger partial charge on any atom is -0.452 e. The first-order valence-corrected chi connectivity index (χ1v) is 11.3. The second-order valence-electron chi connectivity index (χ2n) is 9.30. The predicted molar refractivity (Wildman–Crippen MR) is 114 cm³/mol. The number of esters is 1. The van der Waals surface area contributed by atoms with E-state index in [0.29, 0.717) is 28.5 Å². The van der Waals surface area contributed by atoms with Crippen molar-refractivity contribution in [1.29, 1.82) is 0 Å². The van der Waals surface area contributed by atoms with Crippen molar-refractivity contribution in [3.63, 3.8) is 0 Å². The molecule has 5 rings (SSSR count). The number of hydrogen-bond acceptors (Lipinski definition) is 4. The first kappa shape index (κ1) is 21.2. The van der Waals surface area contributed by atoms with Gasteiger partial charge in [-0.15, -0.1) is 0 Å². The number of carbonyl (C=O) groups is 3. The molecule has 2 N–H and O–H groups in total. The van der Waals surface area contributed by atoms with Gasteiger partial charge < -0.3 is 15.4 Å². The van der Waals surface area contributed by atoms with Gasteiger partial charge in [-0.25, -0.2) is 0 Å². The smallest absolute Gasteiger partial charge is 0.308 e. The number of halogens is 1. The lowest BCUT2D eigenvalue weighted by Crippen LogP contribution is -2.53. The number of hydrogen-bond donors (Lipinski definition) is 2. The molecule has 4 aliphatic rings. The number of amides is 2. The van der Waals surface area contributed by atoms with Crippen LogP contribution in [0, 0.1) is 23.2 Å². The molecule has 0 spiro atoms. The lowest BCUT2D eigenvalue weighted by Gasteiger charge is -2.55. The Kier molecular flexibility index (Phi) is 6.05. The zero-order valence-electron chi connectivity index (χ0n) is 17.3. The van der Waals surface area contributed by atoms with E-state index in [1.807, 2.05) is 0 Å². The van der Waals surface area contributed by atoms with Gasteiger partial charge in [-0.2, -0.15) is 0 Å². The Balaban J connectivity index is 1.21. The van der Waals surface area contributed by atoms with Crippen molar-refractivity contribution >= 4 is 35.1 Å². The average Bonchev–Trinajstić information content (AvgIpc) is 2.68. The molecular formula is C23H29ClN2O4. The maximum Gasteiger partial charge on any atom is 0.308 e. The van der Waals surface area contributed by atoms with E-state index in [0.717, 1.165) is 19.3 Å². The Hall–Kier alpha value is -2.08. The van der Waals surface area contributed by atoms with E-state index in [2.05, 4.69) is 10.6 Å². The van der Waals surface area contributed by atoms with Gasteiger partial charge in [0, 0.05) is 12.0 Å². The van der Waals surface area contributed by atoms with Gasteiger partial charge in [-0.3, -0.25) is 14.4 Å². The molecule has 4 aliphatic carbocycles. The molecule has 0 aliphatic heterocycles. The van der Waals surface area contributed by atoms with E-state index in [-0.39, 0.29) is 24.3 Å². The summed E-state index contributed by atoms with van der Waals surface area (Å²) >= 11 is 6.03. The molecular weight excluding hydrogens is 404 g/mol. The highest BCUT2D eigenvalue weighted by atomic mass is 35.5. The van der Waals surface area contributed by atoms with Crippen molar-refractivity contribution in [3.05, 3.63) is 29.3 Å². The maximum atomic E-state index is 12.9. The zero-order chi connectivity index (χ0) is 21.3. The molecule has 30 heavy (non-hydrogen) atoms. The van der Waals surface area contributed by atoms with Crippen LogP contribution < -0.4 is 10.6 Å². The lowest BCUT2D eigenvalue weighted by atomic mass is 9.49. The zero-order valence-corrected chi connectivity index (χ0v) is 18.0. The molecule has 0 radical (unpaired) electrons. The van der Waals surface area contributed by atoms with E-state index < -0.39 is 18.0 Å². The van der Waals surface area contributed by atoms with Crippen molar-refractivity contribution in [2.75, 3.05) is 11.9 Å². The van der Waals surface area contributed by atoms with Crippen LogP contribution in [0.4, 0.5) is 5.69 Å². The third-order valence-corrected chi connectivity index (χ3v) is 7.27. The highest BCUT2D eigenvalue weighted by molar-refractivity contribution is 6.33. The average molecular weight is 433 g/mol. The number of anilines is 1. The Morgan fingerprint density at radius 1 is 1.10 bits per heavy atom. The summed E-state index contributed by atoms with van der Waals surface area (Å²) in [6, 6.07) is 6.86. The maximum absolute atomic E-state index is 12.9. The molecule has 0 saturated heterocycles. The van der Waals surface area contributed by atoms with Crippen LogP contribution in [0.5, 0.6) is 0 Å². The fourth-order valence-corrected chi connectivity index (χ4v) is 6.14. The number of nitrogens with one attached hydrogen (secondary N) is 2. The van der Waals surface area contributed by atoms with Crippen molar-refractivity contribution in [2.24, 2.45) is 23.2 Å². The van der Waals surface area contributed by atoms with Crippen LogP contribution in [-0.2, 0) is 19.1 Å². The predicted octanol–water partition coefficient (Wildman–Crippen LogP) is 3.93. The second kappa shape index (κ2) is 8.58. The molecule has 1 atom stereocenters. The molecule has 162 valence electrons. The molecule has 1 aromatic rings. The summed E-state index contributed by atoms with van der Waals surface area (Å²) in [5.74, 6) is 1.23. The molecule has 0 aromatic heterocycles. The van der Waals surface area contributed by atoms with Gasteiger partial charge in [0.15, 0.2) is 6.10 Å². The molecule has 0 heterocycles. The topological polar surface area (TPSA) is 84.5 Å². The summed E-state index contributed by atoms with van der Waals surface area (Å²) in [4.78, 5) is 37.3. The van der Waals surface area contributed by atoms with E-state index >= 15 is 0 Å². The number of rotatable bonds is 7. The third-order valence-electron chi connectivity index (χ3n) is 6.94. The Morgan fingerprint density at radius 2 is 1.70 bits per heavy atom. The van der Waals surface area contributed by atoms with Crippen LogP contribution in [-0.4, -0.2) is 30.4 Å². The molecule has 4 bridgehead atoms. The number of ether oxygens (including phenoxy) is 1. The van der Waals surface area contributed by atoms with E-state index in [1.165, 1.54) is 26.2 Å². The standard InChI is InChI=1S/C23H29ClN2O4/c1-14(21(28)26-19-5-3-2-4-18(19)24)30-20(27)6-7-25-22(29)23-11-15-8-16(12-23)10-17(9-15)13-23/h2-5,14-17H,6-13H2,1H3,(H,25,29)(H,26,28). The van der Waals surface area contributed by atoms with Gasteiger partial charge in [-0.1, -0.05) is 23.7 Å². The van der Waals surface area contributed by atoms with Crippen LogP contribution in [0.2, 0.25) is 5.02 Å². The molecule has 2 amide bonds. The lowest BCUT2D eigenvalue weighted by molar-refractivity contribution is -0.153. The Morgan fingerprint density at radius 3 is 2.30 bits per heavy atom. The molecule has 1 aromatic carbocycles. The van der Waals surface area contributed by atoms with Crippen LogP contribution in [0.15, 0.2) is 24.3 Å². The molecule has 4 saturated carbocycles. The summed E-state index contributed by atoms with van der Waals surface area (Å²) in [5, 5.41) is 6.02. The monoisotopic (exact) mass is 432 g/mol. The molecule has 7 heteroatoms. The highest BCUT2D eigenvalue weighted by Gasteiger charge is 2.54. The SMILES string of the molecule is CC(OC(=O)CCNC(=O)C12CC3CC(CC(C3)C1)C2)C(=O)Nc1ccccc1Cl. The summed E-state index contributed by atoms with van der Waals surface area (Å²) < 4.78 is 5.21. The molecule has 4 fully saturated rings. The van der Waals surface area contributed by atoms with Gasteiger partial charge in [0.25, 0.3) is 5.91 Å². The van der Waals surface area contributed by atoms with Gasteiger partial charge in [-0.05, 0) is 75.3 Å². The first-order valence-electron chi connectivity index (χ1n) is 10.9. The van der Waals surface area contributed by atoms with Crippen molar-refractivity contribution in [2.45, 2.75) is 58.0 Å². The largest absolute Gasteiger partial charge is 0.452 e. The van der Waals surface area contributed by atoms with Crippen LogP contribution in [0.1, 0.15) is 51.9 Å². The summed E-state index contributed by atoms with van der Waals surface area (Å²) in [5.41, 5.74) is 0.246. The van der Waals surface area contributed by atoms with Gasteiger partial charge in [0.05, 0.1) is 17.1 Å². The number of para-hydroxylation sites is 1. The summed E-state index contributed by atoms with van der Waals surface area (Å²) in [7, 11) is 0. The van der Waals surface area contributed by atoms with Gasteiger partial charge >= 0.3 is 5.97 Å². The fourth-order valence-electron chi connectivity index (χ4n) is 5.96. The van der Waals surface area contributed by atoms with Gasteiger partial charge in [0.2, 0.25) is 5.91 Å². The Bertz CT molecular complexity index is 805. The fraction of sp³-hybridized carbons (Fsp3) is 0.609. The van der Waals surface area contributed by atoms with Crippen molar-refractivity contribution < 1.29 is 19.1 Å². The van der Waals surface area contributed by atoms with Crippen molar-refractivity contribution in [1.82, 2.24) is 5.32 Å². The number of carbonyl (C=O) groups excluding carboxylic acids is 3. The van der Waals surface area contributed by atoms with Crippen LogP contribution in [0.25, 0.3) is 0 Å². The molecule has 6 nitrogen and oxygen atoms in total. The van der Waals surface area contributed by atoms with E-state index in [9.17, 15) is 14.4 Å². The molecule has 1 unspecified atom stereocenters. The normalized spacial score (nSPS) is 29.9. The third kappa shape index (κ3) is 4.48. The van der Waals surface area contributed by atoms with Crippen LogP contribution in [0.3, 0.4) is 0 Å². The summed E-state index contributed by atoms with van der Waals surface area (Å²) in [6.07, 6.45) is 5.93. The van der Waals surface area contributed by atoms with E-state index in [4.69, 9.17) is 16.3 Å². The second-order valence-corrected chi connectivity index (χ2v) is 9.71. The number of benzene rings is 1. The quantitative estimate of drug-likeness (QED) is 0.639. The minimum absolute atomic E-state index is 0.0435. The first-order chi connectivity index (χ1) is 14.3. The summed E-state index contributed by atoms with van der Waals surface area (Å²) in [6.45, 7) is 1.75. The Labute approximate surface area is 182 Å². The van der Waals surface area contributed by atoms with E-state index in [1.54, 1.807) is 24.3 Å².